The number of benzene rings is 3. The Morgan fingerprint density at radius 3 is 0.842 bits per heavy atom. The molecular formula is C34H46Cl2N2. The molecule has 3 aromatic rings. The molecule has 0 saturated carbocycles. The van der Waals surface area contributed by atoms with Crippen molar-refractivity contribution >= 4 is 46.0 Å². The Morgan fingerprint density at radius 1 is 0.395 bits per heavy atom. The molecule has 0 aromatic heterocycles. The molecule has 0 heterocycles. The van der Waals surface area contributed by atoms with Crippen LogP contribution in [0, 0.1) is 0 Å². The topological polar surface area (TPSA) is 24.1 Å². The first kappa shape index (κ1) is 30.4. The molecule has 0 aliphatic rings. The van der Waals surface area contributed by atoms with Crippen LogP contribution in [0.25, 0.3) is 0 Å². The van der Waals surface area contributed by atoms with E-state index in [2.05, 4.69) is 130 Å². The van der Waals surface area contributed by atoms with Gasteiger partial charge in [0.25, 0.3) is 0 Å². The SMILES string of the molecule is CC(C)(C)c1cc(Nc2cc(Cl)c(Cl)cc2Nc2cc(C(C)(C)C)cc(C(C)(C)C)c2)cc(C(C)(C)C)c1. The van der Waals surface area contributed by atoms with Gasteiger partial charge in [0.2, 0.25) is 0 Å². The lowest BCUT2D eigenvalue weighted by Gasteiger charge is -2.27. The number of hydrogen-bond donors (Lipinski definition) is 2. The zero-order valence-electron chi connectivity index (χ0n) is 25.4. The molecule has 206 valence electrons. The zero-order chi connectivity index (χ0) is 28.8. The van der Waals surface area contributed by atoms with Crippen LogP contribution in [0.2, 0.25) is 10.0 Å². The quantitative estimate of drug-likeness (QED) is 0.336. The second-order valence-electron chi connectivity index (χ2n) is 14.7. The second-order valence-corrected chi connectivity index (χ2v) is 15.5. The molecule has 0 amide bonds. The molecule has 0 radical (unpaired) electrons. The Morgan fingerprint density at radius 2 is 0.632 bits per heavy atom. The minimum Gasteiger partial charge on any atom is -0.354 e. The van der Waals surface area contributed by atoms with Crippen LogP contribution >= 0.6 is 23.2 Å². The smallest absolute Gasteiger partial charge is 0.0639 e. The van der Waals surface area contributed by atoms with Crippen molar-refractivity contribution in [2.24, 2.45) is 0 Å². The van der Waals surface area contributed by atoms with Gasteiger partial charge in [0.05, 0.1) is 21.4 Å². The highest BCUT2D eigenvalue weighted by atomic mass is 35.5. The van der Waals surface area contributed by atoms with E-state index in [1.165, 1.54) is 22.3 Å². The molecule has 0 spiro atoms. The maximum Gasteiger partial charge on any atom is 0.0639 e. The van der Waals surface area contributed by atoms with E-state index in [0.717, 1.165) is 22.7 Å². The van der Waals surface area contributed by atoms with Crippen LogP contribution in [0.15, 0.2) is 48.5 Å². The number of halogens is 2. The first-order valence-corrected chi connectivity index (χ1v) is 14.3. The lowest BCUT2D eigenvalue weighted by atomic mass is 9.80. The number of nitrogens with one attached hydrogen (secondary N) is 2. The maximum atomic E-state index is 6.53. The van der Waals surface area contributed by atoms with Gasteiger partial charge in [0, 0.05) is 11.4 Å². The van der Waals surface area contributed by atoms with Crippen molar-refractivity contribution in [2.75, 3.05) is 10.6 Å². The van der Waals surface area contributed by atoms with Gasteiger partial charge in [-0.15, -0.1) is 0 Å². The van der Waals surface area contributed by atoms with Gasteiger partial charge in [-0.05, 0) is 80.3 Å². The molecular weight excluding hydrogens is 507 g/mol. The minimum atomic E-state index is 0.0210. The summed E-state index contributed by atoms with van der Waals surface area (Å²) in [6.45, 7) is 27.0. The summed E-state index contributed by atoms with van der Waals surface area (Å²) in [5.74, 6) is 0. The molecule has 0 aliphatic carbocycles. The first-order valence-electron chi connectivity index (χ1n) is 13.5. The van der Waals surface area contributed by atoms with Gasteiger partial charge in [-0.1, -0.05) is 118 Å². The molecule has 3 rings (SSSR count). The Bertz CT molecular complexity index is 1140. The van der Waals surface area contributed by atoms with Gasteiger partial charge >= 0.3 is 0 Å². The van der Waals surface area contributed by atoms with Gasteiger partial charge in [-0.2, -0.15) is 0 Å². The van der Waals surface area contributed by atoms with Crippen molar-refractivity contribution in [2.45, 2.75) is 105 Å². The Hall–Kier alpha value is -2.16. The van der Waals surface area contributed by atoms with Crippen LogP contribution < -0.4 is 10.6 Å². The summed E-state index contributed by atoms with van der Waals surface area (Å²) < 4.78 is 0. The van der Waals surface area contributed by atoms with E-state index in [1.807, 2.05) is 12.1 Å². The summed E-state index contributed by atoms with van der Waals surface area (Å²) in [7, 11) is 0. The molecule has 38 heavy (non-hydrogen) atoms. The van der Waals surface area contributed by atoms with Gasteiger partial charge in [0.1, 0.15) is 0 Å². The highest BCUT2D eigenvalue weighted by Gasteiger charge is 2.23. The van der Waals surface area contributed by atoms with Crippen LogP contribution in [0.4, 0.5) is 22.7 Å². The van der Waals surface area contributed by atoms with E-state index in [-0.39, 0.29) is 21.7 Å². The van der Waals surface area contributed by atoms with Crippen molar-refractivity contribution in [1.82, 2.24) is 0 Å². The van der Waals surface area contributed by atoms with Crippen LogP contribution in [-0.4, -0.2) is 0 Å². The third kappa shape index (κ3) is 7.48. The summed E-state index contributed by atoms with van der Waals surface area (Å²) >= 11 is 13.1. The molecule has 4 heteroatoms. The van der Waals surface area contributed by atoms with E-state index >= 15 is 0 Å². The third-order valence-corrected chi connectivity index (χ3v) is 7.67. The highest BCUT2D eigenvalue weighted by Crippen LogP contribution is 2.40. The average molecular weight is 554 g/mol. The summed E-state index contributed by atoms with van der Waals surface area (Å²) in [4.78, 5) is 0. The van der Waals surface area contributed by atoms with Crippen molar-refractivity contribution in [3.8, 4) is 0 Å². The Labute approximate surface area is 241 Å². The molecule has 2 nitrogen and oxygen atoms in total. The molecule has 3 aromatic carbocycles. The Balaban J connectivity index is 2.14. The summed E-state index contributed by atoms with van der Waals surface area (Å²) in [5, 5.41) is 8.37. The molecule has 2 N–H and O–H groups in total. The van der Waals surface area contributed by atoms with Gasteiger partial charge < -0.3 is 10.6 Å². The summed E-state index contributed by atoms with van der Waals surface area (Å²) in [6, 6.07) is 17.4. The molecule has 0 atom stereocenters. The molecule has 0 aliphatic heterocycles. The fraction of sp³-hybridized carbons (Fsp3) is 0.471. The van der Waals surface area contributed by atoms with Crippen LogP contribution in [0.1, 0.15) is 105 Å². The lowest BCUT2D eigenvalue weighted by molar-refractivity contribution is 0.568. The van der Waals surface area contributed by atoms with E-state index in [0.29, 0.717) is 10.0 Å². The van der Waals surface area contributed by atoms with Gasteiger partial charge in [0.15, 0.2) is 0 Å². The standard InChI is InChI=1S/C34H46Cl2N2/c1-31(2,3)21-13-22(32(4,5)6)16-25(15-21)37-29-19-27(35)28(36)20-30(29)38-26-17-23(33(7,8)9)14-24(18-26)34(10,11)12/h13-20,37-38H,1-12H3. The normalized spacial score (nSPS) is 13.0. The first-order chi connectivity index (χ1) is 17.1. The van der Waals surface area contributed by atoms with Crippen molar-refractivity contribution in [1.29, 1.82) is 0 Å². The highest BCUT2D eigenvalue weighted by molar-refractivity contribution is 6.42. The van der Waals surface area contributed by atoms with Crippen molar-refractivity contribution in [3.63, 3.8) is 0 Å². The van der Waals surface area contributed by atoms with Crippen molar-refractivity contribution < 1.29 is 0 Å². The van der Waals surface area contributed by atoms with E-state index < -0.39 is 0 Å². The molecule has 0 unspecified atom stereocenters. The summed E-state index contributed by atoms with van der Waals surface area (Å²) in [5.41, 5.74) is 9.05. The van der Waals surface area contributed by atoms with Gasteiger partial charge in [-0.3, -0.25) is 0 Å². The van der Waals surface area contributed by atoms with E-state index in [4.69, 9.17) is 23.2 Å². The fourth-order valence-corrected chi connectivity index (χ4v) is 4.52. The molecule has 0 bridgehead atoms. The number of hydrogen-bond acceptors (Lipinski definition) is 2. The van der Waals surface area contributed by atoms with Crippen LogP contribution in [0.5, 0.6) is 0 Å². The van der Waals surface area contributed by atoms with E-state index in [9.17, 15) is 0 Å². The predicted molar refractivity (Wildman–Crippen MR) is 171 cm³/mol. The molecule has 0 saturated heterocycles. The maximum absolute atomic E-state index is 6.53. The van der Waals surface area contributed by atoms with Crippen molar-refractivity contribution in [3.05, 3.63) is 80.8 Å². The number of rotatable bonds is 4. The van der Waals surface area contributed by atoms with Crippen LogP contribution in [-0.2, 0) is 21.7 Å². The second kappa shape index (κ2) is 10.4. The third-order valence-electron chi connectivity index (χ3n) is 6.95. The Kier molecular flexibility index (Phi) is 8.34. The largest absolute Gasteiger partial charge is 0.354 e. The van der Waals surface area contributed by atoms with Crippen LogP contribution in [0.3, 0.4) is 0 Å². The molecule has 0 fully saturated rings. The minimum absolute atomic E-state index is 0.0210. The lowest BCUT2D eigenvalue weighted by Crippen LogP contribution is -2.17. The predicted octanol–water partition coefficient (Wildman–Crippen LogP) is 11.7. The fourth-order valence-electron chi connectivity index (χ4n) is 4.20. The zero-order valence-corrected chi connectivity index (χ0v) is 26.9. The number of anilines is 4. The monoisotopic (exact) mass is 552 g/mol. The summed E-state index contributed by atoms with van der Waals surface area (Å²) in [6.07, 6.45) is 0. The van der Waals surface area contributed by atoms with Gasteiger partial charge in [-0.25, -0.2) is 0 Å². The van der Waals surface area contributed by atoms with E-state index in [1.54, 1.807) is 0 Å². The average Bonchev–Trinajstić information content (AvgIpc) is 2.74.